The molecule has 0 spiro atoms. The average molecular weight is 386 g/mol. The first-order valence-corrected chi connectivity index (χ1v) is 9.64. The molecule has 1 aliphatic rings. The van der Waals surface area contributed by atoms with E-state index >= 15 is 0 Å². The molecule has 1 saturated heterocycles. The second kappa shape index (κ2) is 8.21. The summed E-state index contributed by atoms with van der Waals surface area (Å²) in [6.07, 6.45) is 1.74. The maximum atomic E-state index is 12.6. The van der Waals surface area contributed by atoms with Gasteiger partial charge >= 0.3 is 6.55 Å². The molecule has 7 nitrogen and oxygen atoms in total. The fourth-order valence-corrected chi connectivity index (χ4v) is 3.84. The maximum Gasteiger partial charge on any atom is 0.333 e. The van der Waals surface area contributed by atoms with Crippen molar-refractivity contribution in [3.8, 4) is 0 Å². The summed E-state index contributed by atoms with van der Waals surface area (Å²) in [6, 6.07) is 9.36. The van der Waals surface area contributed by atoms with E-state index < -0.39 is 16.6 Å². The van der Waals surface area contributed by atoms with Crippen LogP contribution in [0.5, 0.6) is 0 Å². The third-order valence-corrected chi connectivity index (χ3v) is 5.60. The van der Waals surface area contributed by atoms with Crippen LogP contribution in [0.25, 0.3) is 0 Å². The minimum absolute atomic E-state index is 0.117. The van der Waals surface area contributed by atoms with E-state index in [0.717, 1.165) is 18.0 Å². The number of benzene rings is 1. The zero-order valence-corrected chi connectivity index (χ0v) is 14.8. The highest BCUT2D eigenvalue weighted by Gasteiger charge is 2.26. The lowest BCUT2D eigenvalue weighted by Gasteiger charge is -2.34. The molecule has 1 aliphatic heterocycles. The minimum Gasteiger partial charge on any atom is -0.379 e. The van der Waals surface area contributed by atoms with Crippen molar-refractivity contribution in [1.82, 2.24) is 19.4 Å². The van der Waals surface area contributed by atoms with E-state index in [1.165, 1.54) is 0 Å². The number of ether oxygens (including phenoxy) is 1. The number of rotatable bonds is 7. The van der Waals surface area contributed by atoms with Crippen molar-refractivity contribution < 1.29 is 21.9 Å². The van der Waals surface area contributed by atoms with Crippen LogP contribution in [0.15, 0.2) is 47.6 Å². The molecule has 0 bridgehead atoms. The number of sulfonamides is 1. The zero-order valence-electron chi connectivity index (χ0n) is 14.0. The van der Waals surface area contributed by atoms with E-state index in [4.69, 9.17) is 4.74 Å². The van der Waals surface area contributed by atoms with Crippen LogP contribution in [0.1, 0.15) is 18.2 Å². The van der Waals surface area contributed by atoms with Crippen molar-refractivity contribution in [1.29, 1.82) is 0 Å². The summed E-state index contributed by atoms with van der Waals surface area (Å²) in [5.41, 5.74) is 0.973. The molecule has 0 radical (unpaired) electrons. The first-order chi connectivity index (χ1) is 12.5. The molecule has 3 rings (SSSR count). The average Bonchev–Trinajstić information content (AvgIpc) is 3.15. The van der Waals surface area contributed by atoms with Gasteiger partial charge in [-0.25, -0.2) is 17.8 Å². The Kier molecular flexibility index (Phi) is 5.97. The van der Waals surface area contributed by atoms with Crippen LogP contribution < -0.4 is 4.72 Å². The summed E-state index contributed by atoms with van der Waals surface area (Å²) in [7, 11) is -3.94. The van der Waals surface area contributed by atoms with Gasteiger partial charge in [0.05, 0.1) is 25.6 Å². The van der Waals surface area contributed by atoms with Crippen LogP contribution in [0.3, 0.4) is 0 Å². The Labute approximate surface area is 150 Å². The van der Waals surface area contributed by atoms with Gasteiger partial charge in [-0.15, -0.1) is 0 Å². The second-order valence-electron chi connectivity index (χ2n) is 5.86. The van der Waals surface area contributed by atoms with Gasteiger partial charge in [-0.2, -0.15) is 13.9 Å². The molecular weight excluding hydrogens is 366 g/mol. The van der Waals surface area contributed by atoms with Crippen molar-refractivity contribution in [3.05, 3.63) is 48.3 Å². The Morgan fingerprint density at radius 2 is 1.88 bits per heavy atom. The largest absolute Gasteiger partial charge is 0.379 e. The SMILES string of the molecule is O=S(=O)(NCC(c1ccccc1)N1CCOCC1)c1cnn(C(F)F)c1. The molecule has 0 saturated carbocycles. The molecule has 1 aromatic heterocycles. The fourth-order valence-electron chi connectivity index (χ4n) is 2.86. The number of nitrogens with zero attached hydrogens (tertiary/aromatic N) is 3. The third kappa shape index (κ3) is 4.44. The first-order valence-electron chi connectivity index (χ1n) is 8.16. The molecule has 10 heteroatoms. The number of hydrogen-bond donors (Lipinski definition) is 1. The van der Waals surface area contributed by atoms with E-state index in [-0.39, 0.29) is 17.5 Å². The van der Waals surface area contributed by atoms with Gasteiger partial charge in [-0.05, 0) is 5.56 Å². The molecule has 1 atom stereocenters. The molecule has 26 heavy (non-hydrogen) atoms. The van der Waals surface area contributed by atoms with Crippen LogP contribution >= 0.6 is 0 Å². The fraction of sp³-hybridized carbons (Fsp3) is 0.438. The molecule has 2 heterocycles. The number of halogens is 2. The molecule has 1 aromatic carbocycles. The van der Waals surface area contributed by atoms with Gasteiger partial charge in [0.25, 0.3) is 0 Å². The molecule has 0 amide bonds. The molecule has 2 aromatic rings. The smallest absolute Gasteiger partial charge is 0.333 e. The van der Waals surface area contributed by atoms with E-state index in [1.54, 1.807) is 0 Å². The van der Waals surface area contributed by atoms with E-state index in [1.807, 2.05) is 30.3 Å². The maximum absolute atomic E-state index is 12.6. The molecule has 1 unspecified atom stereocenters. The number of hydrogen-bond acceptors (Lipinski definition) is 5. The second-order valence-corrected chi connectivity index (χ2v) is 7.63. The number of nitrogens with one attached hydrogen (secondary N) is 1. The highest BCUT2D eigenvalue weighted by atomic mass is 32.2. The molecular formula is C16H20F2N4O3S. The number of alkyl halides is 2. The van der Waals surface area contributed by atoms with Crippen molar-refractivity contribution in [2.75, 3.05) is 32.8 Å². The Morgan fingerprint density at radius 1 is 1.19 bits per heavy atom. The van der Waals surface area contributed by atoms with Gasteiger partial charge in [0.1, 0.15) is 4.90 Å². The van der Waals surface area contributed by atoms with Crippen LogP contribution in [-0.4, -0.2) is 55.9 Å². The zero-order chi connectivity index (χ0) is 18.6. The van der Waals surface area contributed by atoms with Gasteiger partial charge in [-0.3, -0.25) is 4.90 Å². The summed E-state index contributed by atoms with van der Waals surface area (Å²) >= 11 is 0. The standard InChI is InChI=1S/C16H20F2N4O3S/c17-16(18)22-12-14(10-19-22)26(23,24)20-11-15(13-4-2-1-3-5-13)21-6-8-25-9-7-21/h1-5,10,12,15-16,20H,6-9,11H2. The Bertz CT molecular complexity index is 808. The van der Waals surface area contributed by atoms with Crippen LogP contribution in [0, 0.1) is 0 Å². The highest BCUT2D eigenvalue weighted by molar-refractivity contribution is 7.89. The lowest BCUT2D eigenvalue weighted by atomic mass is 10.1. The first kappa shape index (κ1) is 18.9. The van der Waals surface area contributed by atoms with Gasteiger partial charge in [0, 0.05) is 25.7 Å². The predicted molar refractivity (Wildman–Crippen MR) is 90.2 cm³/mol. The molecule has 0 aliphatic carbocycles. The Morgan fingerprint density at radius 3 is 2.50 bits per heavy atom. The van der Waals surface area contributed by atoms with Crippen molar-refractivity contribution in [3.63, 3.8) is 0 Å². The van der Waals surface area contributed by atoms with Gasteiger partial charge in [0.15, 0.2) is 0 Å². The Hall–Kier alpha value is -1.88. The van der Waals surface area contributed by atoms with E-state index in [9.17, 15) is 17.2 Å². The van der Waals surface area contributed by atoms with Crippen LogP contribution in [0.2, 0.25) is 0 Å². The van der Waals surface area contributed by atoms with Crippen LogP contribution in [0.4, 0.5) is 8.78 Å². The van der Waals surface area contributed by atoms with Gasteiger partial charge < -0.3 is 4.74 Å². The van der Waals surface area contributed by atoms with Crippen molar-refractivity contribution in [2.45, 2.75) is 17.5 Å². The molecule has 1 N–H and O–H groups in total. The lowest BCUT2D eigenvalue weighted by Crippen LogP contribution is -2.43. The van der Waals surface area contributed by atoms with E-state index in [0.29, 0.717) is 31.0 Å². The monoisotopic (exact) mass is 386 g/mol. The summed E-state index contributed by atoms with van der Waals surface area (Å²) in [5, 5.41) is 3.38. The number of morpholine rings is 1. The van der Waals surface area contributed by atoms with Gasteiger partial charge in [-0.1, -0.05) is 30.3 Å². The quantitative estimate of drug-likeness (QED) is 0.783. The molecule has 1 fully saturated rings. The lowest BCUT2D eigenvalue weighted by molar-refractivity contribution is 0.0172. The summed E-state index contributed by atoms with van der Waals surface area (Å²) in [4.78, 5) is 1.86. The molecule has 142 valence electrons. The Balaban J connectivity index is 1.76. The van der Waals surface area contributed by atoms with Crippen molar-refractivity contribution >= 4 is 10.0 Å². The topological polar surface area (TPSA) is 76.5 Å². The third-order valence-electron chi connectivity index (χ3n) is 4.23. The van der Waals surface area contributed by atoms with E-state index in [2.05, 4.69) is 14.7 Å². The summed E-state index contributed by atoms with van der Waals surface area (Å²) in [5.74, 6) is 0. The number of aromatic nitrogens is 2. The minimum atomic E-state index is -3.94. The van der Waals surface area contributed by atoms with Crippen molar-refractivity contribution in [2.24, 2.45) is 0 Å². The predicted octanol–water partition coefficient (Wildman–Crippen LogP) is 1.63. The normalized spacial score (nSPS) is 17.5. The van der Waals surface area contributed by atoms with Crippen LogP contribution in [-0.2, 0) is 14.8 Å². The summed E-state index contributed by atoms with van der Waals surface area (Å²) in [6.45, 7) is -0.236. The summed E-state index contributed by atoms with van der Waals surface area (Å²) < 4.78 is 58.3. The highest BCUT2D eigenvalue weighted by Crippen LogP contribution is 2.22. The van der Waals surface area contributed by atoms with Gasteiger partial charge in [0.2, 0.25) is 10.0 Å².